The summed E-state index contributed by atoms with van der Waals surface area (Å²) < 4.78 is 47.3. The van der Waals surface area contributed by atoms with Gasteiger partial charge in [0.1, 0.15) is 11.6 Å². The molecule has 34 heavy (non-hydrogen) atoms. The second kappa shape index (κ2) is 9.97. The van der Waals surface area contributed by atoms with Crippen LogP contribution in [0.15, 0.2) is 70.6 Å². The van der Waals surface area contributed by atoms with Crippen molar-refractivity contribution < 1.29 is 22.7 Å². The van der Waals surface area contributed by atoms with E-state index in [1.807, 2.05) is 4.90 Å². The van der Waals surface area contributed by atoms with Crippen molar-refractivity contribution in [3.63, 3.8) is 0 Å². The first-order valence-electron chi connectivity index (χ1n) is 10.7. The summed E-state index contributed by atoms with van der Waals surface area (Å²) in [5.74, 6) is 1.11. The summed E-state index contributed by atoms with van der Waals surface area (Å²) in [4.78, 5) is 18.5. The molecule has 0 bridgehead atoms. The number of carbonyl (C=O) groups excluding carboxylic acids is 1. The first-order valence-corrected chi connectivity index (χ1v) is 11.6. The Kier molecular flexibility index (Phi) is 7.02. The number of aromatic nitrogens is 1. The Bertz CT molecular complexity index is 1190. The van der Waals surface area contributed by atoms with Crippen LogP contribution in [-0.4, -0.2) is 37.1 Å². The Morgan fingerprint density at radius 1 is 1.12 bits per heavy atom. The van der Waals surface area contributed by atoms with E-state index in [1.165, 1.54) is 26.2 Å². The summed E-state index contributed by atoms with van der Waals surface area (Å²) in [6.45, 7) is 2.80. The molecular formula is C25H24F3N3O2S. The maximum Gasteiger partial charge on any atom is 0.417 e. The van der Waals surface area contributed by atoms with Crippen LogP contribution < -0.4 is 15.0 Å². The number of hydrogen-bond acceptors (Lipinski definition) is 5. The molecule has 178 valence electrons. The van der Waals surface area contributed by atoms with Crippen LogP contribution in [-0.2, 0) is 11.0 Å². The number of carbonyl (C=O) groups is 1. The molecule has 1 N–H and O–H groups in total. The summed E-state index contributed by atoms with van der Waals surface area (Å²) in [5, 5.41) is 2.90. The monoisotopic (exact) mass is 487 g/mol. The topological polar surface area (TPSA) is 54.5 Å². The molecule has 5 nitrogen and oxygen atoms in total. The van der Waals surface area contributed by atoms with Crippen LogP contribution in [0.5, 0.6) is 5.75 Å². The van der Waals surface area contributed by atoms with Crippen LogP contribution in [0, 0.1) is 0 Å². The average Bonchev–Trinajstić information content (AvgIpc) is 3.27. The Morgan fingerprint density at radius 3 is 2.62 bits per heavy atom. The molecule has 1 aliphatic rings. The normalized spacial score (nSPS) is 15.9. The number of nitrogens with one attached hydrogen (secondary N) is 1. The molecule has 1 aromatic heterocycles. The highest BCUT2D eigenvalue weighted by molar-refractivity contribution is 7.99. The van der Waals surface area contributed by atoms with Crippen molar-refractivity contribution in [1.29, 1.82) is 0 Å². The zero-order valence-electron chi connectivity index (χ0n) is 18.7. The van der Waals surface area contributed by atoms with Gasteiger partial charge in [-0.05, 0) is 53.9 Å². The third-order valence-corrected chi connectivity index (χ3v) is 6.71. The molecule has 4 rings (SSSR count). The molecule has 0 aliphatic carbocycles. The molecule has 1 unspecified atom stereocenters. The fourth-order valence-corrected chi connectivity index (χ4v) is 5.04. The van der Waals surface area contributed by atoms with Gasteiger partial charge in [-0.3, -0.25) is 4.79 Å². The van der Waals surface area contributed by atoms with Gasteiger partial charge in [0.05, 0.1) is 17.6 Å². The molecule has 1 amide bonds. The summed E-state index contributed by atoms with van der Waals surface area (Å²) in [7, 11) is 1.49. The van der Waals surface area contributed by atoms with Gasteiger partial charge < -0.3 is 15.0 Å². The smallest absolute Gasteiger partial charge is 0.417 e. The lowest BCUT2D eigenvalue weighted by atomic mass is 10.0. The molecule has 1 saturated heterocycles. The summed E-state index contributed by atoms with van der Waals surface area (Å²) in [6.07, 6.45) is -2.13. The van der Waals surface area contributed by atoms with E-state index < -0.39 is 11.7 Å². The van der Waals surface area contributed by atoms with E-state index in [0.717, 1.165) is 18.2 Å². The number of halogens is 3. The summed E-state index contributed by atoms with van der Waals surface area (Å²) in [6, 6.07) is 14.9. The lowest BCUT2D eigenvalue weighted by Gasteiger charge is -2.19. The predicted octanol–water partition coefficient (Wildman–Crippen LogP) is 5.64. The Morgan fingerprint density at radius 2 is 1.88 bits per heavy atom. The largest absolute Gasteiger partial charge is 0.496 e. The highest BCUT2D eigenvalue weighted by atomic mass is 32.2. The molecule has 0 radical (unpaired) electrons. The van der Waals surface area contributed by atoms with Crippen molar-refractivity contribution in [3.05, 3.63) is 66.4 Å². The van der Waals surface area contributed by atoms with Crippen molar-refractivity contribution in [3.8, 4) is 16.9 Å². The van der Waals surface area contributed by atoms with Crippen LogP contribution >= 0.6 is 11.8 Å². The van der Waals surface area contributed by atoms with E-state index in [9.17, 15) is 18.0 Å². The number of methoxy groups -OCH3 is 1. The van der Waals surface area contributed by atoms with E-state index >= 15 is 0 Å². The van der Waals surface area contributed by atoms with Crippen molar-refractivity contribution >= 4 is 23.5 Å². The SMILES string of the molecule is COc1ccccc1Sc1ccc(-c2ccnc(N3CCC(NC(C)=O)C3)c2)cc1C(F)(F)F. The first kappa shape index (κ1) is 23.9. The number of pyridine rings is 1. The number of anilines is 1. The van der Waals surface area contributed by atoms with E-state index in [4.69, 9.17) is 4.74 Å². The molecule has 0 spiro atoms. The van der Waals surface area contributed by atoms with E-state index in [1.54, 1.807) is 48.7 Å². The quantitative estimate of drug-likeness (QED) is 0.488. The van der Waals surface area contributed by atoms with Gasteiger partial charge in [-0.15, -0.1) is 0 Å². The zero-order chi connectivity index (χ0) is 24.3. The third kappa shape index (κ3) is 5.47. The second-order valence-corrected chi connectivity index (χ2v) is 9.08. The zero-order valence-corrected chi connectivity index (χ0v) is 19.5. The number of para-hydroxylation sites is 1. The molecule has 1 fully saturated rings. The molecule has 3 aromatic rings. The van der Waals surface area contributed by atoms with Crippen molar-refractivity contribution in [1.82, 2.24) is 10.3 Å². The Balaban J connectivity index is 1.63. The molecule has 1 atom stereocenters. The maximum absolute atomic E-state index is 14.0. The summed E-state index contributed by atoms with van der Waals surface area (Å²) >= 11 is 1.02. The van der Waals surface area contributed by atoms with Crippen LogP contribution in [0.4, 0.5) is 19.0 Å². The number of alkyl halides is 3. The fraction of sp³-hybridized carbons (Fsp3) is 0.280. The number of amides is 1. The van der Waals surface area contributed by atoms with Crippen LogP contribution in [0.1, 0.15) is 18.9 Å². The van der Waals surface area contributed by atoms with Crippen molar-refractivity contribution in [2.45, 2.75) is 35.4 Å². The lowest BCUT2D eigenvalue weighted by molar-refractivity contribution is -0.139. The lowest BCUT2D eigenvalue weighted by Crippen LogP contribution is -2.35. The van der Waals surface area contributed by atoms with Gasteiger partial charge in [0.2, 0.25) is 5.91 Å². The third-order valence-electron chi connectivity index (χ3n) is 5.57. The number of benzene rings is 2. The average molecular weight is 488 g/mol. The van der Waals surface area contributed by atoms with Gasteiger partial charge in [-0.25, -0.2) is 4.98 Å². The standard InChI is InChI=1S/C25H24F3N3O2S/c1-16(32)30-19-10-12-31(15-19)24-14-18(9-11-29-24)17-7-8-22(20(13-17)25(26,27)28)34-23-6-4-3-5-21(23)33-2/h3-9,11,13-14,19H,10,12,15H2,1-2H3,(H,30,32). The van der Waals surface area contributed by atoms with Crippen molar-refractivity contribution in [2.24, 2.45) is 0 Å². The number of nitrogens with zero attached hydrogens (tertiary/aromatic N) is 2. The molecule has 1 aliphatic heterocycles. The predicted molar refractivity (Wildman–Crippen MR) is 126 cm³/mol. The molecule has 2 heterocycles. The minimum atomic E-state index is -4.52. The molecular weight excluding hydrogens is 463 g/mol. The number of hydrogen-bond donors (Lipinski definition) is 1. The fourth-order valence-electron chi connectivity index (χ4n) is 3.99. The minimum absolute atomic E-state index is 0.0334. The number of ether oxygens (including phenoxy) is 1. The molecule has 0 saturated carbocycles. The van der Waals surface area contributed by atoms with Crippen LogP contribution in [0.2, 0.25) is 0 Å². The van der Waals surface area contributed by atoms with E-state index in [-0.39, 0.29) is 16.8 Å². The second-order valence-electron chi connectivity index (χ2n) is 8.00. The van der Waals surface area contributed by atoms with Gasteiger partial charge >= 0.3 is 6.18 Å². The van der Waals surface area contributed by atoms with E-state index in [0.29, 0.717) is 40.7 Å². The molecule has 2 aromatic carbocycles. The van der Waals surface area contributed by atoms with Gasteiger partial charge in [0, 0.05) is 37.1 Å². The van der Waals surface area contributed by atoms with Crippen molar-refractivity contribution in [2.75, 3.05) is 25.1 Å². The molecule has 9 heteroatoms. The summed E-state index contributed by atoms with van der Waals surface area (Å²) in [5.41, 5.74) is 0.399. The Labute approximate surface area is 200 Å². The Hall–Kier alpha value is -3.20. The van der Waals surface area contributed by atoms with Crippen LogP contribution in [0.25, 0.3) is 11.1 Å². The highest BCUT2D eigenvalue weighted by Crippen LogP contribution is 2.43. The first-order chi connectivity index (χ1) is 16.2. The van der Waals surface area contributed by atoms with Gasteiger partial charge in [-0.1, -0.05) is 30.0 Å². The van der Waals surface area contributed by atoms with E-state index in [2.05, 4.69) is 10.3 Å². The van der Waals surface area contributed by atoms with Gasteiger partial charge in [-0.2, -0.15) is 13.2 Å². The van der Waals surface area contributed by atoms with Gasteiger partial charge in [0.25, 0.3) is 0 Å². The highest BCUT2D eigenvalue weighted by Gasteiger charge is 2.34. The number of rotatable bonds is 6. The van der Waals surface area contributed by atoms with Crippen LogP contribution in [0.3, 0.4) is 0 Å². The maximum atomic E-state index is 14.0. The minimum Gasteiger partial charge on any atom is -0.496 e. The van der Waals surface area contributed by atoms with Gasteiger partial charge in [0.15, 0.2) is 0 Å².